The van der Waals surface area contributed by atoms with Crippen LogP contribution >= 0.6 is 0 Å². The van der Waals surface area contributed by atoms with E-state index in [0.29, 0.717) is 26.1 Å². The SMILES string of the molecule is CCc1ccccc1NC(=O)C[NH+]1CCN(C(=O)Cc2ccc(NC(C)=O)cc2)CC1. The molecule has 1 heterocycles. The van der Waals surface area contributed by atoms with Crippen molar-refractivity contribution in [3.05, 3.63) is 59.7 Å². The van der Waals surface area contributed by atoms with Gasteiger partial charge in [-0.25, -0.2) is 0 Å². The number of quaternary nitrogens is 1. The predicted molar refractivity (Wildman–Crippen MR) is 121 cm³/mol. The number of aryl methyl sites for hydroxylation is 1. The third kappa shape index (κ3) is 6.65. The van der Waals surface area contributed by atoms with Gasteiger partial charge in [-0.3, -0.25) is 14.4 Å². The Hall–Kier alpha value is -3.19. The van der Waals surface area contributed by atoms with E-state index in [0.717, 1.165) is 42.0 Å². The van der Waals surface area contributed by atoms with E-state index >= 15 is 0 Å². The summed E-state index contributed by atoms with van der Waals surface area (Å²) in [7, 11) is 0. The largest absolute Gasteiger partial charge is 0.331 e. The number of amides is 3. The molecule has 2 aromatic carbocycles. The van der Waals surface area contributed by atoms with E-state index in [9.17, 15) is 14.4 Å². The minimum Gasteiger partial charge on any atom is -0.331 e. The smallest absolute Gasteiger partial charge is 0.279 e. The molecule has 0 aromatic heterocycles. The second kappa shape index (κ2) is 10.7. The normalized spacial score (nSPS) is 14.2. The average Bonchev–Trinajstić information content (AvgIpc) is 2.75. The van der Waals surface area contributed by atoms with E-state index in [1.165, 1.54) is 11.8 Å². The third-order valence-corrected chi connectivity index (χ3v) is 5.54. The number of carbonyl (C=O) groups is 3. The fourth-order valence-corrected chi connectivity index (χ4v) is 3.82. The molecular formula is C24H31N4O3+. The number of nitrogens with one attached hydrogen (secondary N) is 3. The van der Waals surface area contributed by atoms with Crippen molar-refractivity contribution < 1.29 is 19.3 Å². The fourth-order valence-electron chi connectivity index (χ4n) is 3.82. The molecule has 7 nitrogen and oxygen atoms in total. The van der Waals surface area contributed by atoms with Crippen molar-refractivity contribution in [2.75, 3.05) is 43.4 Å². The highest BCUT2D eigenvalue weighted by Gasteiger charge is 2.25. The number of carbonyl (C=O) groups excluding carboxylic acids is 3. The second-order valence-electron chi connectivity index (χ2n) is 7.92. The molecule has 0 aliphatic carbocycles. The molecule has 3 amide bonds. The first-order valence-corrected chi connectivity index (χ1v) is 10.8. The molecule has 0 atom stereocenters. The summed E-state index contributed by atoms with van der Waals surface area (Å²) in [6, 6.07) is 15.2. The Kier molecular flexibility index (Phi) is 7.78. The number of hydrogen-bond donors (Lipinski definition) is 3. The number of hydrogen-bond acceptors (Lipinski definition) is 3. The van der Waals surface area contributed by atoms with Crippen LogP contribution in [0.15, 0.2) is 48.5 Å². The highest BCUT2D eigenvalue weighted by atomic mass is 16.2. The highest BCUT2D eigenvalue weighted by molar-refractivity contribution is 5.92. The lowest BCUT2D eigenvalue weighted by molar-refractivity contribution is -0.895. The molecule has 0 spiro atoms. The maximum Gasteiger partial charge on any atom is 0.279 e. The quantitative estimate of drug-likeness (QED) is 0.624. The minimum atomic E-state index is -0.118. The molecule has 3 N–H and O–H groups in total. The topological polar surface area (TPSA) is 82.9 Å². The predicted octanol–water partition coefficient (Wildman–Crippen LogP) is 1.12. The summed E-state index contributed by atoms with van der Waals surface area (Å²) in [5.41, 5.74) is 3.66. The minimum absolute atomic E-state index is 0.00920. The maximum absolute atomic E-state index is 12.6. The van der Waals surface area contributed by atoms with Crippen molar-refractivity contribution in [2.24, 2.45) is 0 Å². The van der Waals surface area contributed by atoms with Crippen molar-refractivity contribution in [1.29, 1.82) is 0 Å². The number of piperazine rings is 1. The van der Waals surface area contributed by atoms with E-state index in [-0.39, 0.29) is 17.7 Å². The molecule has 3 rings (SSSR count). The van der Waals surface area contributed by atoms with Gasteiger partial charge in [0, 0.05) is 18.3 Å². The average molecular weight is 424 g/mol. The third-order valence-electron chi connectivity index (χ3n) is 5.54. The first-order chi connectivity index (χ1) is 14.9. The summed E-state index contributed by atoms with van der Waals surface area (Å²) in [4.78, 5) is 39.3. The van der Waals surface area contributed by atoms with Crippen LogP contribution in [0.25, 0.3) is 0 Å². The molecule has 1 aliphatic rings. The van der Waals surface area contributed by atoms with E-state index in [2.05, 4.69) is 17.6 Å². The van der Waals surface area contributed by atoms with E-state index in [1.807, 2.05) is 41.3 Å². The summed E-state index contributed by atoms with van der Waals surface area (Å²) in [5.74, 6) is -0.0185. The number of para-hydroxylation sites is 1. The van der Waals surface area contributed by atoms with Gasteiger partial charge < -0.3 is 20.4 Å². The van der Waals surface area contributed by atoms with Gasteiger partial charge in [0.15, 0.2) is 6.54 Å². The van der Waals surface area contributed by atoms with Gasteiger partial charge in [0.2, 0.25) is 11.8 Å². The zero-order valence-corrected chi connectivity index (χ0v) is 18.2. The van der Waals surface area contributed by atoms with Crippen molar-refractivity contribution >= 4 is 29.1 Å². The van der Waals surface area contributed by atoms with Crippen LogP contribution in [0.4, 0.5) is 11.4 Å². The Bertz CT molecular complexity index is 919. The number of rotatable bonds is 7. The first kappa shape index (κ1) is 22.5. The van der Waals surface area contributed by atoms with Crippen LogP contribution in [0, 0.1) is 0 Å². The summed E-state index contributed by atoms with van der Waals surface area (Å²) >= 11 is 0. The molecule has 7 heteroatoms. The molecule has 164 valence electrons. The summed E-state index contributed by atoms with van der Waals surface area (Å²) in [5, 5.41) is 5.75. The lowest BCUT2D eigenvalue weighted by Gasteiger charge is -2.32. The fraction of sp³-hybridized carbons (Fsp3) is 0.375. The Balaban J connectivity index is 1.44. The van der Waals surface area contributed by atoms with Gasteiger partial charge in [-0.2, -0.15) is 0 Å². The Morgan fingerprint density at radius 3 is 2.29 bits per heavy atom. The molecule has 2 aromatic rings. The van der Waals surface area contributed by atoms with Gasteiger partial charge in [0.05, 0.1) is 32.6 Å². The molecule has 0 saturated carbocycles. The van der Waals surface area contributed by atoms with Gasteiger partial charge in [0.25, 0.3) is 5.91 Å². The molecule has 0 radical (unpaired) electrons. The Morgan fingerprint density at radius 1 is 0.968 bits per heavy atom. The zero-order chi connectivity index (χ0) is 22.2. The van der Waals surface area contributed by atoms with Gasteiger partial charge in [-0.1, -0.05) is 37.3 Å². The number of benzene rings is 2. The zero-order valence-electron chi connectivity index (χ0n) is 18.2. The van der Waals surface area contributed by atoms with Crippen molar-refractivity contribution in [3.63, 3.8) is 0 Å². The Morgan fingerprint density at radius 2 is 1.65 bits per heavy atom. The van der Waals surface area contributed by atoms with E-state index in [1.54, 1.807) is 12.1 Å². The van der Waals surface area contributed by atoms with Crippen LogP contribution in [0.2, 0.25) is 0 Å². The lowest BCUT2D eigenvalue weighted by atomic mass is 10.1. The second-order valence-corrected chi connectivity index (χ2v) is 7.92. The van der Waals surface area contributed by atoms with E-state index in [4.69, 9.17) is 0 Å². The van der Waals surface area contributed by atoms with E-state index < -0.39 is 0 Å². The summed E-state index contributed by atoms with van der Waals surface area (Å²) in [6.45, 7) is 6.77. The van der Waals surface area contributed by atoms with Crippen molar-refractivity contribution in [1.82, 2.24) is 4.90 Å². The van der Waals surface area contributed by atoms with Crippen LogP contribution in [0.3, 0.4) is 0 Å². The lowest BCUT2D eigenvalue weighted by Crippen LogP contribution is -3.15. The van der Waals surface area contributed by atoms with Gasteiger partial charge in [0.1, 0.15) is 0 Å². The van der Waals surface area contributed by atoms with Gasteiger partial charge in [-0.15, -0.1) is 0 Å². The first-order valence-electron chi connectivity index (χ1n) is 10.8. The molecule has 1 fully saturated rings. The molecule has 0 unspecified atom stereocenters. The maximum atomic E-state index is 12.6. The van der Waals surface area contributed by atoms with Crippen LogP contribution in [-0.4, -0.2) is 55.3 Å². The summed E-state index contributed by atoms with van der Waals surface area (Å²) in [6.07, 6.45) is 1.21. The molecular weight excluding hydrogens is 392 g/mol. The van der Waals surface area contributed by atoms with Gasteiger partial charge >= 0.3 is 0 Å². The Labute approximate surface area is 183 Å². The summed E-state index contributed by atoms with van der Waals surface area (Å²) < 4.78 is 0. The molecule has 31 heavy (non-hydrogen) atoms. The number of nitrogens with zero attached hydrogens (tertiary/aromatic N) is 1. The van der Waals surface area contributed by atoms with Crippen LogP contribution in [-0.2, 0) is 27.2 Å². The number of anilines is 2. The standard InChI is InChI=1S/C24H30N4O3/c1-3-20-6-4-5-7-22(20)26-23(30)17-27-12-14-28(15-13-27)24(31)16-19-8-10-21(11-9-19)25-18(2)29/h4-11H,3,12-17H2,1-2H3,(H,25,29)(H,26,30)/p+1. The molecule has 0 bridgehead atoms. The van der Waals surface area contributed by atoms with Crippen LogP contribution in [0.1, 0.15) is 25.0 Å². The van der Waals surface area contributed by atoms with Crippen LogP contribution in [0.5, 0.6) is 0 Å². The highest BCUT2D eigenvalue weighted by Crippen LogP contribution is 2.15. The van der Waals surface area contributed by atoms with Gasteiger partial charge in [-0.05, 0) is 35.7 Å². The molecule has 1 aliphatic heterocycles. The van der Waals surface area contributed by atoms with Crippen molar-refractivity contribution in [3.8, 4) is 0 Å². The van der Waals surface area contributed by atoms with Crippen LogP contribution < -0.4 is 15.5 Å². The van der Waals surface area contributed by atoms with Crippen molar-refractivity contribution in [2.45, 2.75) is 26.7 Å². The monoisotopic (exact) mass is 423 g/mol. The molecule has 1 saturated heterocycles.